The Kier molecular flexibility index (Phi) is 7.92. The van der Waals surface area contributed by atoms with Gasteiger partial charge < -0.3 is 34.8 Å². The summed E-state index contributed by atoms with van der Waals surface area (Å²) in [7, 11) is 2.66. The quantitative estimate of drug-likeness (QED) is 0.208. The Morgan fingerprint density at radius 2 is 1.74 bits per heavy atom. The van der Waals surface area contributed by atoms with Crippen LogP contribution in [0.15, 0.2) is 12.3 Å². The van der Waals surface area contributed by atoms with Gasteiger partial charge in [-0.05, 0) is 73.1 Å². The lowest BCUT2D eigenvalue weighted by atomic mass is 9.80. The molecule has 0 saturated carbocycles. The van der Waals surface area contributed by atoms with Gasteiger partial charge in [-0.15, -0.1) is 0 Å². The van der Waals surface area contributed by atoms with Crippen molar-refractivity contribution in [2.75, 3.05) is 14.2 Å². The molecule has 0 spiro atoms. The summed E-state index contributed by atoms with van der Waals surface area (Å²) in [5, 5.41) is 16.8. The van der Waals surface area contributed by atoms with Crippen LogP contribution in [0.25, 0.3) is 36.1 Å². The number of hydrogen-bond acceptors (Lipinski definition) is 7. The number of carbonyl (C=O) groups excluding carboxylic acids is 3. The maximum Gasteiger partial charge on any atom is 0.320 e. The third-order valence-corrected chi connectivity index (χ3v) is 10.1. The van der Waals surface area contributed by atoms with E-state index in [0.29, 0.717) is 34.5 Å². The number of H-pyrrole nitrogens is 3. The second kappa shape index (κ2) is 11.7. The largest absolute Gasteiger partial charge is 0.515 e. The molecule has 6 rings (SSSR count). The number of nitrogens with one attached hydrogen (secondary N) is 4. The van der Waals surface area contributed by atoms with Gasteiger partial charge in [-0.3, -0.25) is 14.4 Å². The molecule has 10 nitrogen and oxygen atoms in total. The lowest BCUT2D eigenvalue weighted by Gasteiger charge is -2.25. The van der Waals surface area contributed by atoms with Crippen LogP contribution in [-0.2, 0) is 25.5 Å². The number of rotatable bonds is 6. The summed E-state index contributed by atoms with van der Waals surface area (Å²) in [4.78, 5) is 50.3. The molecular formula is C36H40N4O6. The highest BCUT2D eigenvalue weighted by molar-refractivity contribution is 6.19. The number of ether oxygens (including phenoxy) is 2. The van der Waals surface area contributed by atoms with Crippen LogP contribution in [0.4, 0.5) is 0 Å². The number of aromatic nitrogens is 3. The summed E-state index contributed by atoms with van der Waals surface area (Å²) >= 11 is 0. The van der Waals surface area contributed by atoms with Crippen molar-refractivity contribution in [2.24, 2.45) is 17.8 Å². The number of Topliss-reactive ketones (excluding diaryl/α,β-unsaturated/α-hetero) is 1. The van der Waals surface area contributed by atoms with E-state index in [1.165, 1.54) is 14.2 Å². The molecule has 240 valence electrons. The van der Waals surface area contributed by atoms with E-state index in [1.807, 2.05) is 39.0 Å². The Labute approximate surface area is 266 Å². The SMILES string of the molecule is C=Cc1c2[nH]c(c1C)/C=C1\NC(C3=c4[nH]/c(c(C)c4C(=O)[C@@H]3C(=O)OC)=C\c3[nH]c(/c(=C\O)c3CC)=C\2)[C@@H](CCC(=O)OC)[C@@H]1C. The first kappa shape index (κ1) is 31.0. The van der Waals surface area contributed by atoms with Crippen molar-refractivity contribution >= 4 is 53.9 Å². The van der Waals surface area contributed by atoms with Crippen LogP contribution in [0, 0.1) is 31.6 Å². The number of aliphatic hydroxyl groups excluding tert-OH is 1. The summed E-state index contributed by atoms with van der Waals surface area (Å²) in [6.45, 7) is 12.1. The van der Waals surface area contributed by atoms with Crippen molar-refractivity contribution in [1.29, 1.82) is 0 Å². The zero-order valence-electron chi connectivity index (χ0n) is 27.0. The number of carbonyl (C=O) groups is 3. The van der Waals surface area contributed by atoms with Gasteiger partial charge in [0.1, 0.15) is 5.92 Å². The topological polar surface area (TPSA) is 149 Å². The number of esters is 2. The summed E-state index contributed by atoms with van der Waals surface area (Å²) < 4.78 is 10.2. The van der Waals surface area contributed by atoms with Crippen molar-refractivity contribution in [3.63, 3.8) is 0 Å². The number of aliphatic hydroxyl groups is 1. The van der Waals surface area contributed by atoms with Crippen molar-refractivity contribution in [3.05, 3.63) is 78.4 Å². The Bertz CT molecular complexity index is 2090. The minimum Gasteiger partial charge on any atom is -0.515 e. The van der Waals surface area contributed by atoms with Gasteiger partial charge in [-0.1, -0.05) is 26.5 Å². The molecule has 5 N–H and O–H groups in total. The number of fused-ring (bicyclic) bond motifs is 8. The highest BCUT2D eigenvalue weighted by atomic mass is 16.5. The van der Waals surface area contributed by atoms with E-state index < -0.39 is 17.9 Å². The fourth-order valence-electron chi connectivity index (χ4n) is 7.60. The second-order valence-corrected chi connectivity index (χ2v) is 12.3. The zero-order chi connectivity index (χ0) is 33.0. The predicted molar refractivity (Wildman–Crippen MR) is 176 cm³/mol. The van der Waals surface area contributed by atoms with Gasteiger partial charge >= 0.3 is 11.9 Å². The molecule has 1 aliphatic carbocycles. The van der Waals surface area contributed by atoms with Crippen LogP contribution in [0.5, 0.6) is 0 Å². The molecule has 4 atom stereocenters. The molecule has 1 saturated heterocycles. The fourth-order valence-corrected chi connectivity index (χ4v) is 7.60. The first-order chi connectivity index (χ1) is 22.1. The molecular weight excluding hydrogens is 584 g/mol. The third-order valence-electron chi connectivity index (χ3n) is 10.1. The van der Waals surface area contributed by atoms with Gasteiger partial charge in [-0.25, -0.2) is 0 Å². The minimum atomic E-state index is -1.12. The number of allylic oxidation sites excluding steroid dienone is 1. The Morgan fingerprint density at radius 3 is 2.39 bits per heavy atom. The number of aromatic amines is 3. The summed E-state index contributed by atoms with van der Waals surface area (Å²) in [5.41, 5.74) is 8.03. The monoisotopic (exact) mass is 624 g/mol. The molecule has 2 aliphatic heterocycles. The molecule has 3 aromatic heterocycles. The van der Waals surface area contributed by atoms with E-state index >= 15 is 0 Å². The molecule has 46 heavy (non-hydrogen) atoms. The predicted octanol–water partition coefficient (Wildman–Crippen LogP) is 2.11. The average Bonchev–Trinajstić information content (AvgIpc) is 3.79. The first-order valence-electron chi connectivity index (χ1n) is 15.6. The van der Waals surface area contributed by atoms with Crippen molar-refractivity contribution in [3.8, 4) is 0 Å². The molecule has 0 aromatic carbocycles. The van der Waals surface area contributed by atoms with E-state index in [1.54, 1.807) is 0 Å². The number of methoxy groups -OCH3 is 2. The summed E-state index contributed by atoms with van der Waals surface area (Å²) in [6, 6.07) is -0.446. The van der Waals surface area contributed by atoms with Gasteiger partial charge in [0.15, 0.2) is 5.78 Å². The van der Waals surface area contributed by atoms with Crippen LogP contribution < -0.4 is 26.6 Å². The first-order valence-corrected chi connectivity index (χ1v) is 15.6. The maximum absolute atomic E-state index is 14.1. The normalized spacial score (nSPS) is 24.4. The van der Waals surface area contributed by atoms with E-state index in [2.05, 4.69) is 39.8 Å². The molecule has 5 heterocycles. The summed E-state index contributed by atoms with van der Waals surface area (Å²) in [5.74, 6) is -2.58. The third kappa shape index (κ3) is 4.66. The number of ketones is 1. The fraction of sp³-hybridized carbons (Fsp3) is 0.361. The van der Waals surface area contributed by atoms with E-state index in [4.69, 9.17) is 9.47 Å². The maximum atomic E-state index is 14.1. The van der Waals surface area contributed by atoms with Gasteiger partial charge in [0, 0.05) is 56.8 Å². The van der Waals surface area contributed by atoms with Crippen LogP contribution in [0.3, 0.4) is 0 Å². The molecule has 0 radical (unpaired) electrons. The van der Waals surface area contributed by atoms with Crippen LogP contribution >= 0.6 is 0 Å². The minimum absolute atomic E-state index is 0.0621. The van der Waals surface area contributed by atoms with Gasteiger partial charge in [-0.2, -0.15) is 0 Å². The lowest BCUT2D eigenvalue weighted by Crippen LogP contribution is -2.38. The average molecular weight is 625 g/mol. The molecule has 1 fully saturated rings. The Hall–Kier alpha value is -4.99. The molecule has 10 heteroatoms. The smallest absolute Gasteiger partial charge is 0.320 e. The Morgan fingerprint density at radius 1 is 1.00 bits per heavy atom. The van der Waals surface area contributed by atoms with Gasteiger partial charge in [0.2, 0.25) is 0 Å². The highest BCUT2D eigenvalue weighted by Crippen LogP contribution is 2.42. The van der Waals surface area contributed by atoms with Crippen molar-refractivity contribution in [1.82, 2.24) is 20.3 Å². The molecule has 3 aliphatic rings. The molecule has 0 amide bonds. The van der Waals surface area contributed by atoms with Crippen LogP contribution in [-0.4, -0.2) is 58.0 Å². The van der Waals surface area contributed by atoms with E-state index in [-0.39, 0.29) is 30.0 Å². The lowest BCUT2D eigenvalue weighted by molar-refractivity contribution is -0.142. The zero-order valence-corrected chi connectivity index (χ0v) is 27.0. The number of hydrogen-bond donors (Lipinski definition) is 5. The van der Waals surface area contributed by atoms with Crippen molar-refractivity contribution in [2.45, 2.75) is 53.0 Å². The standard InChI is InChI=1S/C36H40N4O6/c1-8-19-16(3)23-12-24-17(4)21(10-11-29(42)45-6)33(39-24)31-32(36(44)46-7)35(43)30-18(5)25(40-34(30)31)13-27-20(9-2)22(15-41)28(38-27)14-26(19)37-23/h8,12-15,17,21,32-33,37-41H,1,9-11H2,2-7H3/b22-15-,24-12-,25-13-,28-14-/t17-,21-,32+,33?/m0/s1. The Balaban J connectivity index is 1.73. The highest BCUT2D eigenvalue weighted by Gasteiger charge is 2.49. The second-order valence-electron chi connectivity index (χ2n) is 12.3. The molecule has 3 aromatic rings. The van der Waals surface area contributed by atoms with Gasteiger partial charge in [0.25, 0.3) is 0 Å². The summed E-state index contributed by atoms with van der Waals surface area (Å²) in [6.07, 6.45) is 10.2. The van der Waals surface area contributed by atoms with E-state index in [0.717, 1.165) is 62.0 Å². The molecule has 1 unspecified atom stereocenters. The molecule has 8 bridgehead atoms. The van der Waals surface area contributed by atoms with E-state index in [9.17, 15) is 19.5 Å². The van der Waals surface area contributed by atoms with Crippen molar-refractivity contribution < 1.29 is 29.0 Å². The van der Waals surface area contributed by atoms with Gasteiger partial charge in [0.05, 0.1) is 37.2 Å². The van der Waals surface area contributed by atoms with Crippen LogP contribution in [0.2, 0.25) is 0 Å². The van der Waals surface area contributed by atoms with Crippen LogP contribution in [0.1, 0.15) is 76.4 Å².